The van der Waals surface area contributed by atoms with Crippen LogP contribution < -0.4 is 11.3 Å². The maximum atomic E-state index is 11.2. The van der Waals surface area contributed by atoms with Gasteiger partial charge in [-0.15, -0.1) is 0 Å². The molecule has 4 nitrogen and oxygen atoms in total. The molecule has 0 spiro atoms. The van der Waals surface area contributed by atoms with Crippen molar-refractivity contribution in [3.63, 3.8) is 0 Å². The highest BCUT2D eigenvalue weighted by Gasteiger charge is 1.95. The van der Waals surface area contributed by atoms with Gasteiger partial charge in [0.15, 0.2) is 0 Å². The van der Waals surface area contributed by atoms with Crippen molar-refractivity contribution in [3.05, 3.63) is 63.6 Å². The molecule has 18 heavy (non-hydrogen) atoms. The van der Waals surface area contributed by atoms with Crippen LogP contribution in [0.15, 0.2) is 46.3 Å². The largest absolute Gasteiger partial charge is 0.328 e. The summed E-state index contributed by atoms with van der Waals surface area (Å²) >= 11 is 0. The van der Waals surface area contributed by atoms with Gasteiger partial charge in [0.1, 0.15) is 0 Å². The van der Waals surface area contributed by atoms with E-state index >= 15 is 0 Å². The Balaban J connectivity index is 2.24. The van der Waals surface area contributed by atoms with Crippen molar-refractivity contribution in [3.8, 4) is 0 Å². The molecule has 0 radical (unpaired) electrons. The second-order valence-electron chi connectivity index (χ2n) is 4.08. The topological polar surface area (TPSA) is 71.2 Å². The third-order valence-electron chi connectivity index (χ3n) is 2.62. The molecule has 0 saturated heterocycles. The van der Waals surface area contributed by atoms with Gasteiger partial charge in [0.25, 0.3) is 5.56 Å². The van der Waals surface area contributed by atoms with E-state index < -0.39 is 0 Å². The predicted octanol–water partition coefficient (Wildman–Crippen LogP) is 1.89. The Labute approximate surface area is 105 Å². The molecule has 92 valence electrons. The van der Waals surface area contributed by atoms with Crippen molar-refractivity contribution in [2.75, 3.05) is 0 Å². The molecule has 4 heteroatoms. The van der Waals surface area contributed by atoms with Crippen LogP contribution in [-0.4, -0.2) is 11.2 Å². The van der Waals surface area contributed by atoms with Gasteiger partial charge in [-0.3, -0.25) is 9.79 Å². The van der Waals surface area contributed by atoms with Crippen LogP contribution in [0.1, 0.15) is 16.7 Å². The summed E-state index contributed by atoms with van der Waals surface area (Å²) in [5.41, 5.74) is 8.93. The van der Waals surface area contributed by atoms with E-state index in [2.05, 4.69) is 9.98 Å². The van der Waals surface area contributed by atoms with Crippen LogP contribution in [0.5, 0.6) is 0 Å². The third-order valence-corrected chi connectivity index (χ3v) is 2.62. The second kappa shape index (κ2) is 5.42. The molecular weight excluding hydrogens is 226 g/mol. The lowest BCUT2D eigenvalue weighted by Gasteiger charge is -1.98. The number of nitrogens with one attached hydrogen (secondary N) is 1. The first-order chi connectivity index (χ1) is 8.69. The van der Waals surface area contributed by atoms with Gasteiger partial charge in [0.05, 0.1) is 5.69 Å². The fraction of sp³-hybridized carbons (Fsp3) is 0.143. The first kappa shape index (κ1) is 12.3. The molecule has 2 rings (SSSR count). The summed E-state index contributed by atoms with van der Waals surface area (Å²) in [4.78, 5) is 18.2. The zero-order valence-electron chi connectivity index (χ0n) is 10.2. The summed E-state index contributed by atoms with van der Waals surface area (Å²) in [5.74, 6) is 0. The number of hydrogen-bond donors (Lipinski definition) is 2. The molecule has 1 aromatic heterocycles. The quantitative estimate of drug-likeness (QED) is 0.805. The Morgan fingerprint density at radius 3 is 2.94 bits per heavy atom. The molecule has 0 aliphatic carbocycles. The zero-order chi connectivity index (χ0) is 13.0. The van der Waals surface area contributed by atoms with E-state index in [-0.39, 0.29) is 5.56 Å². The molecule has 1 heterocycles. The fourth-order valence-corrected chi connectivity index (χ4v) is 1.61. The molecule has 0 aliphatic heterocycles. The summed E-state index contributed by atoms with van der Waals surface area (Å²) in [6, 6.07) is 9.54. The lowest BCUT2D eigenvalue weighted by molar-refractivity contribution is 1.07. The normalized spacial score (nSPS) is 11.0. The van der Waals surface area contributed by atoms with Gasteiger partial charge in [0, 0.05) is 30.1 Å². The average Bonchev–Trinajstić information content (AvgIpc) is 2.40. The Morgan fingerprint density at radius 1 is 1.39 bits per heavy atom. The summed E-state index contributed by atoms with van der Waals surface area (Å²) in [6.45, 7) is 2.27. The van der Waals surface area contributed by atoms with E-state index in [4.69, 9.17) is 5.73 Å². The first-order valence-corrected chi connectivity index (χ1v) is 5.71. The first-order valence-electron chi connectivity index (χ1n) is 5.71. The summed E-state index contributed by atoms with van der Waals surface area (Å²) < 4.78 is 0. The number of aromatic amines is 1. The molecule has 0 aliphatic rings. The van der Waals surface area contributed by atoms with Gasteiger partial charge in [-0.25, -0.2) is 0 Å². The standard InChI is InChI=1S/C14H15N3O/c1-10-5-12(9-17-14(10)18)8-16-13-4-2-3-11(6-13)7-15/h2-6,8-9H,7,15H2,1H3,(H,17,18)/b16-8+. The van der Waals surface area contributed by atoms with E-state index in [1.54, 1.807) is 25.4 Å². The number of H-pyrrole nitrogens is 1. The number of rotatable bonds is 3. The monoisotopic (exact) mass is 241 g/mol. The van der Waals surface area contributed by atoms with Crippen LogP contribution >= 0.6 is 0 Å². The summed E-state index contributed by atoms with van der Waals surface area (Å²) in [6.07, 6.45) is 3.37. The molecule has 0 atom stereocenters. The SMILES string of the molecule is Cc1cc(/C=N/c2cccc(CN)c2)c[nH]c1=O. The number of benzene rings is 1. The molecule has 2 aromatic rings. The van der Waals surface area contributed by atoms with Crippen molar-refractivity contribution in [2.24, 2.45) is 10.7 Å². The Kier molecular flexibility index (Phi) is 3.69. The van der Waals surface area contributed by atoms with E-state index in [0.29, 0.717) is 12.1 Å². The molecule has 1 aromatic carbocycles. The number of aryl methyl sites for hydroxylation is 1. The fourth-order valence-electron chi connectivity index (χ4n) is 1.61. The van der Waals surface area contributed by atoms with Crippen molar-refractivity contribution >= 4 is 11.9 Å². The number of nitrogens with zero attached hydrogens (tertiary/aromatic N) is 1. The Bertz CT molecular complexity index is 629. The molecular formula is C14H15N3O. The molecule has 0 bridgehead atoms. The van der Waals surface area contributed by atoms with E-state index in [9.17, 15) is 4.79 Å². The maximum absolute atomic E-state index is 11.2. The van der Waals surface area contributed by atoms with Crippen molar-refractivity contribution < 1.29 is 0 Å². The number of hydrogen-bond acceptors (Lipinski definition) is 3. The number of nitrogens with two attached hydrogens (primary N) is 1. The lowest BCUT2D eigenvalue weighted by Crippen LogP contribution is -2.08. The highest BCUT2D eigenvalue weighted by molar-refractivity contribution is 5.81. The van der Waals surface area contributed by atoms with E-state index in [1.165, 1.54) is 0 Å². The molecule has 3 N–H and O–H groups in total. The molecule has 0 saturated carbocycles. The average molecular weight is 241 g/mol. The summed E-state index contributed by atoms with van der Waals surface area (Å²) in [5, 5.41) is 0. The van der Waals surface area contributed by atoms with Crippen molar-refractivity contribution in [2.45, 2.75) is 13.5 Å². The van der Waals surface area contributed by atoms with Crippen LogP contribution in [0.25, 0.3) is 0 Å². The van der Waals surface area contributed by atoms with Crippen LogP contribution in [0.4, 0.5) is 5.69 Å². The minimum atomic E-state index is -0.0720. The van der Waals surface area contributed by atoms with Crippen molar-refractivity contribution in [1.82, 2.24) is 4.98 Å². The Hall–Kier alpha value is -2.20. The van der Waals surface area contributed by atoms with Gasteiger partial charge in [-0.1, -0.05) is 12.1 Å². The van der Waals surface area contributed by atoms with E-state index in [0.717, 1.165) is 16.8 Å². The number of pyridine rings is 1. The Morgan fingerprint density at radius 2 is 2.22 bits per heavy atom. The highest BCUT2D eigenvalue weighted by atomic mass is 16.1. The lowest BCUT2D eigenvalue weighted by atomic mass is 10.2. The van der Waals surface area contributed by atoms with Crippen LogP contribution in [0.3, 0.4) is 0 Å². The minimum Gasteiger partial charge on any atom is -0.328 e. The smallest absolute Gasteiger partial charge is 0.250 e. The maximum Gasteiger partial charge on any atom is 0.250 e. The third kappa shape index (κ3) is 2.93. The van der Waals surface area contributed by atoms with Gasteiger partial charge < -0.3 is 10.7 Å². The van der Waals surface area contributed by atoms with Gasteiger partial charge in [-0.05, 0) is 30.7 Å². The molecule has 0 unspecified atom stereocenters. The van der Waals surface area contributed by atoms with Crippen LogP contribution in [-0.2, 0) is 6.54 Å². The molecule has 0 amide bonds. The van der Waals surface area contributed by atoms with E-state index in [1.807, 2.05) is 24.3 Å². The number of aliphatic imine (C=N–C) groups is 1. The van der Waals surface area contributed by atoms with Crippen molar-refractivity contribution in [1.29, 1.82) is 0 Å². The highest BCUT2D eigenvalue weighted by Crippen LogP contribution is 2.13. The van der Waals surface area contributed by atoms with Gasteiger partial charge >= 0.3 is 0 Å². The minimum absolute atomic E-state index is 0.0720. The van der Waals surface area contributed by atoms with Crippen LogP contribution in [0, 0.1) is 6.92 Å². The second-order valence-corrected chi connectivity index (χ2v) is 4.08. The van der Waals surface area contributed by atoms with Crippen LogP contribution in [0.2, 0.25) is 0 Å². The molecule has 0 fully saturated rings. The van der Waals surface area contributed by atoms with Gasteiger partial charge in [-0.2, -0.15) is 0 Å². The zero-order valence-corrected chi connectivity index (χ0v) is 10.2. The predicted molar refractivity (Wildman–Crippen MR) is 73.4 cm³/mol. The summed E-state index contributed by atoms with van der Waals surface area (Å²) in [7, 11) is 0. The number of aromatic nitrogens is 1. The van der Waals surface area contributed by atoms with Gasteiger partial charge in [0.2, 0.25) is 0 Å².